The molecule has 6 nitrogen and oxygen atoms in total. The first-order chi connectivity index (χ1) is 11.7. The van der Waals surface area contributed by atoms with E-state index < -0.39 is 11.9 Å². The fourth-order valence-electron chi connectivity index (χ4n) is 2.12. The standard InChI is InChI=1S/C16H15FN4O2S/c1-2-12(23-13-6-4-3-5-10(13)17)15(22)20-11-9-19-21-14(11)16-18-7-8-24-16/h3-9,12H,2H2,1H3,(H,19,21)(H,20,22). The first kappa shape index (κ1) is 16.1. The highest BCUT2D eigenvalue weighted by molar-refractivity contribution is 7.13. The second kappa shape index (κ2) is 7.22. The van der Waals surface area contributed by atoms with Crippen LogP contribution >= 0.6 is 11.3 Å². The molecular formula is C16H15FN4O2S. The van der Waals surface area contributed by atoms with E-state index in [9.17, 15) is 9.18 Å². The summed E-state index contributed by atoms with van der Waals surface area (Å²) in [6, 6.07) is 6.00. The summed E-state index contributed by atoms with van der Waals surface area (Å²) in [6.07, 6.45) is 2.75. The van der Waals surface area contributed by atoms with Gasteiger partial charge in [0.25, 0.3) is 5.91 Å². The van der Waals surface area contributed by atoms with Gasteiger partial charge in [0.2, 0.25) is 0 Å². The maximum atomic E-state index is 13.7. The van der Waals surface area contributed by atoms with Crippen molar-refractivity contribution in [2.75, 3.05) is 5.32 Å². The van der Waals surface area contributed by atoms with Crippen LogP contribution in [-0.2, 0) is 4.79 Å². The average molecular weight is 346 g/mol. The molecule has 1 aromatic carbocycles. The number of thiazole rings is 1. The summed E-state index contributed by atoms with van der Waals surface area (Å²) >= 11 is 1.43. The van der Waals surface area contributed by atoms with E-state index in [0.29, 0.717) is 22.8 Å². The molecular weight excluding hydrogens is 331 g/mol. The van der Waals surface area contributed by atoms with Gasteiger partial charge in [-0.25, -0.2) is 9.37 Å². The molecule has 8 heteroatoms. The molecule has 2 aromatic heterocycles. The number of amides is 1. The number of para-hydroxylation sites is 1. The van der Waals surface area contributed by atoms with Crippen LogP contribution in [0, 0.1) is 5.82 Å². The lowest BCUT2D eigenvalue weighted by molar-refractivity contribution is -0.122. The highest BCUT2D eigenvalue weighted by atomic mass is 32.1. The van der Waals surface area contributed by atoms with Gasteiger partial charge in [-0.2, -0.15) is 5.10 Å². The molecule has 1 unspecified atom stereocenters. The number of carbonyl (C=O) groups is 1. The lowest BCUT2D eigenvalue weighted by Crippen LogP contribution is -2.32. The van der Waals surface area contributed by atoms with Gasteiger partial charge in [-0.15, -0.1) is 11.3 Å². The zero-order chi connectivity index (χ0) is 16.9. The van der Waals surface area contributed by atoms with Gasteiger partial charge in [-0.3, -0.25) is 9.89 Å². The minimum Gasteiger partial charge on any atom is -0.478 e. The SMILES string of the molecule is CCC(Oc1ccccc1F)C(=O)Nc1cn[nH]c1-c1nccs1. The minimum absolute atomic E-state index is 0.0480. The third kappa shape index (κ3) is 3.43. The van der Waals surface area contributed by atoms with Gasteiger partial charge >= 0.3 is 0 Å². The van der Waals surface area contributed by atoms with Crippen LogP contribution in [-0.4, -0.2) is 27.2 Å². The topological polar surface area (TPSA) is 79.9 Å². The molecule has 2 N–H and O–H groups in total. The number of carbonyl (C=O) groups excluding carboxylic acids is 1. The number of hydrogen-bond acceptors (Lipinski definition) is 5. The van der Waals surface area contributed by atoms with E-state index in [4.69, 9.17) is 4.74 Å². The van der Waals surface area contributed by atoms with Crippen LogP contribution in [0.5, 0.6) is 5.75 Å². The molecule has 0 fully saturated rings. The largest absolute Gasteiger partial charge is 0.478 e. The average Bonchev–Trinajstić information content (AvgIpc) is 3.25. The number of H-pyrrole nitrogens is 1. The molecule has 124 valence electrons. The molecule has 0 saturated carbocycles. The number of halogens is 1. The number of nitrogens with zero attached hydrogens (tertiary/aromatic N) is 2. The first-order valence-corrected chi connectivity index (χ1v) is 8.22. The first-order valence-electron chi connectivity index (χ1n) is 7.34. The predicted octanol–water partition coefficient (Wildman–Crippen LogP) is 3.47. The lowest BCUT2D eigenvalue weighted by Gasteiger charge is -2.17. The van der Waals surface area contributed by atoms with Gasteiger partial charge in [0.1, 0.15) is 10.7 Å². The minimum atomic E-state index is -0.819. The van der Waals surface area contributed by atoms with Crippen LogP contribution < -0.4 is 10.1 Å². The van der Waals surface area contributed by atoms with E-state index in [1.54, 1.807) is 25.3 Å². The van der Waals surface area contributed by atoms with Crippen molar-refractivity contribution in [3.63, 3.8) is 0 Å². The number of aromatic amines is 1. The molecule has 0 aliphatic carbocycles. The molecule has 3 rings (SSSR count). The van der Waals surface area contributed by atoms with E-state index in [2.05, 4.69) is 20.5 Å². The quantitative estimate of drug-likeness (QED) is 0.716. The van der Waals surface area contributed by atoms with Gasteiger partial charge in [0.15, 0.2) is 17.7 Å². The molecule has 3 aromatic rings. The van der Waals surface area contributed by atoms with Crippen molar-refractivity contribution in [3.05, 3.63) is 47.9 Å². The van der Waals surface area contributed by atoms with Crippen LogP contribution in [0.15, 0.2) is 42.0 Å². The Morgan fingerprint density at radius 3 is 3.00 bits per heavy atom. The van der Waals surface area contributed by atoms with E-state index in [1.165, 1.54) is 29.7 Å². The normalized spacial score (nSPS) is 11.9. The summed E-state index contributed by atoms with van der Waals surface area (Å²) in [5.41, 5.74) is 1.13. The Morgan fingerprint density at radius 1 is 1.46 bits per heavy atom. The number of aromatic nitrogens is 3. The number of anilines is 1. The van der Waals surface area contributed by atoms with Crippen molar-refractivity contribution in [1.29, 1.82) is 0 Å². The third-order valence-electron chi connectivity index (χ3n) is 3.31. The Labute approximate surface area is 141 Å². The van der Waals surface area contributed by atoms with Crippen LogP contribution in [0.4, 0.5) is 10.1 Å². The monoisotopic (exact) mass is 346 g/mol. The van der Waals surface area contributed by atoms with Crippen molar-refractivity contribution in [1.82, 2.24) is 15.2 Å². The van der Waals surface area contributed by atoms with Gasteiger partial charge in [-0.1, -0.05) is 19.1 Å². The molecule has 0 radical (unpaired) electrons. The second-order valence-electron chi connectivity index (χ2n) is 4.93. The summed E-state index contributed by atoms with van der Waals surface area (Å²) in [7, 11) is 0. The predicted molar refractivity (Wildman–Crippen MR) is 89.4 cm³/mol. The molecule has 2 heterocycles. The molecule has 0 saturated heterocycles. The molecule has 24 heavy (non-hydrogen) atoms. The number of ether oxygens (including phenoxy) is 1. The van der Waals surface area contributed by atoms with Crippen molar-refractivity contribution in [3.8, 4) is 16.5 Å². The fourth-order valence-corrected chi connectivity index (χ4v) is 2.77. The Morgan fingerprint density at radius 2 is 2.29 bits per heavy atom. The number of rotatable bonds is 6. The van der Waals surface area contributed by atoms with Crippen molar-refractivity contribution in [2.24, 2.45) is 0 Å². The highest BCUT2D eigenvalue weighted by Gasteiger charge is 2.22. The zero-order valence-corrected chi connectivity index (χ0v) is 13.6. The van der Waals surface area contributed by atoms with E-state index in [1.807, 2.05) is 5.38 Å². The fraction of sp³-hybridized carbons (Fsp3) is 0.188. The van der Waals surface area contributed by atoms with Crippen LogP contribution in [0.25, 0.3) is 10.7 Å². The zero-order valence-electron chi connectivity index (χ0n) is 12.8. The summed E-state index contributed by atoms with van der Waals surface area (Å²) < 4.78 is 19.2. The third-order valence-corrected chi connectivity index (χ3v) is 4.10. The van der Waals surface area contributed by atoms with Gasteiger partial charge < -0.3 is 10.1 Å². The maximum absolute atomic E-state index is 13.7. The lowest BCUT2D eigenvalue weighted by atomic mass is 10.2. The van der Waals surface area contributed by atoms with Crippen molar-refractivity contribution in [2.45, 2.75) is 19.4 Å². The van der Waals surface area contributed by atoms with E-state index >= 15 is 0 Å². The summed E-state index contributed by atoms with van der Waals surface area (Å²) in [4.78, 5) is 16.6. The van der Waals surface area contributed by atoms with Gasteiger partial charge in [-0.05, 0) is 18.6 Å². The molecule has 1 atom stereocenters. The Balaban J connectivity index is 1.74. The maximum Gasteiger partial charge on any atom is 0.265 e. The number of benzene rings is 1. The van der Waals surface area contributed by atoms with Crippen molar-refractivity contribution < 1.29 is 13.9 Å². The van der Waals surface area contributed by atoms with Crippen molar-refractivity contribution >= 4 is 22.9 Å². The molecule has 1 amide bonds. The summed E-state index contributed by atoms with van der Waals surface area (Å²) in [6.45, 7) is 1.79. The Bertz CT molecular complexity index is 819. The van der Waals surface area contributed by atoms with Crippen LogP contribution in [0.3, 0.4) is 0 Å². The smallest absolute Gasteiger partial charge is 0.265 e. The number of nitrogens with one attached hydrogen (secondary N) is 2. The Kier molecular flexibility index (Phi) is 4.85. The number of hydrogen-bond donors (Lipinski definition) is 2. The molecule has 0 spiro atoms. The molecule has 0 aliphatic heterocycles. The van der Waals surface area contributed by atoms with E-state index in [-0.39, 0.29) is 11.7 Å². The van der Waals surface area contributed by atoms with Gasteiger partial charge in [0.05, 0.1) is 11.9 Å². The van der Waals surface area contributed by atoms with Crippen LogP contribution in [0.2, 0.25) is 0 Å². The van der Waals surface area contributed by atoms with Gasteiger partial charge in [0, 0.05) is 11.6 Å². The summed E-state index contributed by atoms with van der Waals surface area (Å²) in [5.74, 6) is -0.831. The second-order valence-corrected chi connectivity index (χ2v) is 5.82. The van der Waals surface area contributed by atoms with E-state index in [0.717, 1.165) is 0 Å². The highest BCUT2D eigenvalue weighted by Crippen LogP contribution is 2.27. The molecule has 0 aliphatic rings. The Hall–Kier alpha value is -2.74. The summed E-state index contributed by atoms with van der Waals surface area (Å²) in [5, 5.41) is 12.1. The van der Waals surface area contributed by atoms with Crippen LogP contribution in [0.1, 0.15) is 13.3 Å². The molecule has 0 bridgehead atoms.